The summed E-state index contributed by atoms with van der Waals surface area (Å²) in [5.41, 5.74) is 1.94. The molecule has 0 aliphatic carbocycles. The zero-order valence-corrected chi connectivity index (χ0v) is 14.5. The van der Waals surface area contributed by atoms with Crippen LogP contribution in [0.15, 0.2) is 45.6 Å². The van der Waals surface area contributed by atoms with E-state index in [1.165, 1.54) is 0 Å². The van der Waals surface area contributed by atoms with Gasteiger partial charge in [-0.2, -0.15) is 16.3 Å². The minimum absolute atomic E-state index is 0.110. The van der Waals surface area contributed by atoms with Gasteiger partial charge in [0.15, 0.2) is 0 Å². The molecule has 2 aromatic heterocycles. The van der Waals surface area contributed by atoms with Crippen LogP contribution in [0.3, 0.4) is 0 Å². The molecule has 0 unspecified atom stereocenters. The smallest absolute Gasteiger partial charge is 0.233 e. The first kappa shape index (κ1) is 15.8. The minimum Gasteiger partial charge on any atom is -0.497 e. The SMILES string of the molecule is COc1ccc(CC(=O)N2CC(c3nc(-c4ccsc4)no3)C2)cc1. The Hall–Kier alpha value is -2.67. The zero-order chi connectivity index (χ0) is 17.2. The summed E-state index contributed by atoms with van der Waals surface area (Å²) >= 11 is 1.60. The van der Waals surface area contributed by atoms with E-state index in [4.69, 9.17) is 9.26 Å². The molecule has 0 saturated carbocycles. The van der Waals surface area contributed by atoms with Crippen LogP contribution in [-0.4, -0.2) is 41.1 Å². The van der Waals surface area contributed by atoms with Gasteiger partial charge in [0.1, 0.15) is 5.75 Å². The second kappa shape index (κ2) is 6.68. The average molecular weight is 355 g/mol. The Kier molecular flexibility index (Phi) is 4.23. The van der Waals surface area contributed by atoms with Crippen LogP contribution in [0.25, 0.3) is 11.4 Å². The molecule has 0 bridgehead atoms. The maximum absolute atomic E-state index is 12.3. The van der Waals surface area contributed by atoms with E-state index in [2.05, 4.69) is 10.1 Å². The predicted octanol–water partition coefficient (Wildman–Crippen LogP) is 2.98. The van der Waals surface area contributed by atoms with Crippen LogP contribution in [-0.2, 0) is 11.2 Å². The van der Waals surface area contributed by atoms with E-state index in [1.807, 2.05) is 46.0 Å². The topological polar surface area (TPSA) is 68.5 Å². The lowest BCUT2D eigenvalue weighted by Crippen LogP contribution is -2.49. The predicted molar refractivity (Wildman–Crippen MR) is 93.6 cm³/mol. The van der Waals surface area contributed by atoms with Crippen molar-refractivity contribution in [2.45, 2.75) is 12.3 Å². The number of amides is 1. The highest BCUT2D eigenvalue weighted by Gasteiger charge is 2.35. The minimum atomic E-state index is 0.110. The molecule has 25 heavy (non-hydrogen) atoms. The molecule has 1 fully saturated rings. The molecule has 4 rings (SSSR count). The highest BCUT2D eigenvalue weighted by molar-refractivity contribution is 7.08. The van der Waals surface area contributed by atoms with Gasteiger partial charge in [-0.15, -0.1) is 0 Å². The third kappa shape index (κ3) is 3.28. The van der Waals surface area contributed by atoms with Crippen LogP contribution >= 0.6 is 11.3 Å². The fourth-order valence-corrected chi connectivity index (χ4v) is 3.41. The number of hydrogen-bond donors (Lipinski definition) is 0. The molecule has 3 heterocycles. The van der Waals surface area contributed by atoms with Crippen LogP contribution in [0.4, 0.5) is 0 Å². The van der Waals surface area contributed by atoms with Crippen molar-refractivity contribution in [3.05, 3.63) is 52.5 Å². The van der Waals surface area contributed by atoms with Gasteiger partial charge in [0.2, 0.25) is 17.6 Å². The third-order valence-corrected chi connectivity index (χ3v) is 5.00. The standard InChI is InChI=1S/C18H17N3O3S/c1-23-15-4-2-12(3-5-15)8-16(22)21-9-14(10-21)18-19-17(20-24-18)13-6-7-25-11-13/h2-7,11,14H,8-10H2,1H3. The van der Waals surface area contributed by atoms with Gasteiger partial charge in [0.05, 0.1) is 19.4 Å². The van der Waals surface area contributed by atoms with Gasteiger partial charge in [0.25, 0.3) is 0 Å². The largest absolute Gasteiger partial charge is 0.497 e. The Labute approximate surface area is 149 Å². The number of benzene rings is 1. The second-order valence-corrected chi connectivity index (χ2v) is 6.77. The first-order valence-corrected chi connectivity index (χ1v) is 8.94. The number of nitrogens with zero attached hydrogens (tertiary/aromatic N) is 3. The molecule has 1 amide bonds. The molecule has 7 heteroatoms. The van der Waals surface area contributed by atoms with Gasteiger partial charge in [-0.25, -0.2) is 0 Å². The molecule has 1 saturated heterocycles. The number of carbonyl (C=O) groups excluding carboxylic acids is 1. The molecular formula is C18H17N3O3S. The van der Waals surface area contributed by atoms with Crippen molar-refractivity contribution >= 4 is 17.2 Å². The normalized spacial score (nSPS) is 14.4. The van der Waals surface area contributed by atoms with E-state index in [0.717, 1.165) is 16.9 Å². The molecule has 1 aromatic carbocycles. The van der Waals surface area contributed by atoms with E-state index in [-0.39, 0.29) is 11.8 Å². The molecule has 0 atom stereocenters. The van der Waals surface area contributed by atoms with Crippen molar-refractivity contribution in [1.29, 1.82) is 0 Å². The van der Waals surface area contributed by atoms with E-state index in [1.54, 1.807) is 18.4 Å². The highest BCUT2D eigenvalue weighted by atomic mass is 32.1. The number of carbonyl (C=O) groups is 1. The zero-order valence-electron chi connectivity index (χ0n) is 13.7. The summed E-state index contributed by atoms with van der Waals surface area (Å²) in [7, 11) is 1.63. The second-order valence-electron chi connectivity index (χ2n) is 5.99. The van der Waals surface area contributed by atoms with Gasteiger partial charge in [-0.05, 0) is 29.1 Å². The first-order valence-electron chi connectivity index (χ1n) is 8.00. The maximum Gasteiger partial charge on any atom is 0.233 e. The number of rotatable bonds is 5. The first-order chi connectivity index (χ1) is 12.2. The molecule has 3 aromatic rings. The summed E-state index contributed by atoms with van der Waals surface area (Å²) in [6.45, 7) is 1.25. The van der Waals surface area contributed by atoms with Crippen molar-refractivity contribution in [2.75, 3.05) is 20.2 Å². The number of hydrogen-bond acceptors (Lipinski definition) is 6. The number of aromatic nitrogens is 2. The fourth-order valence-electron chi connectivity index (χ4n) is 2.78. The molecule has 1 aliphatic heterocycles. The molecule has 0 radical (unpaired) electrons. The molecule has 6 nitrogen and oxygen atoms in total. The van der Waals surface area contributed by atoms with Gasteiger partial charge < -0.3 is 14.2 Å². The monoisotopic (exact) mass is 355 g/mol. The summed E-state index contributed by atoms with van der Waals surface area (Å²) < 4.78 is 10.5. The Morgan fingerprint density at radius 2 is 2.12 bits per heavy atom. The lowest BCUT2D eigenvalue weighted by molar-refractivity contribution is -0.135. The van der Waals surface area contributed by atoms with Gasteiger partial charge in [-0.1, -0.05) is 17.3 Å². The molecular weight excluding hydrogens is 338 g/mol. The van der Waals surface area contributed by atoms with Crippen LogP contribution in [0.2, 0.25) is 0 Å². The number of ether oxygens (including phenoxy) is 1. The average Bonchev–Trinajstić information content (AvgIpc) is 3.25. The van der Waals surface area contributed by atoms with Crippen molar-refractivity contribution in [1.82, 2.24) is 15.0 Å². The van der Waals surface area contributed by atoms with Gasteiger partial charge in [-0.3, -0.25) is 4.79 Å². The quantitative estimate of drug-likeness (QED) is 0.704. The Bertz CT molecular complexity index is 852. The van der Waals surface area contributed by atoms with Crippen molar-refractivity contribution in [2.24, 2.45) is 0 Å². The molecule has 0 spiro atoms. The van der Waals surface area contributed by atoms with Gasteiger partial charge in [0, 0.05) is 24.0 Å². The van der Waals surface area contributed by atoms with Crippen LogP contribution in [0.1, 0.15) is 17.4 Å². The lowest BCUT2D eigenvalue weighted by Gasteiger charge is -2.37. The summed E-state index contributed by atoms with van der Waals surface area (Å²) in [5.74, 6) is 2.24. The maximum atomic E-state index is 12.3. The number of likely N-dealkylation sites (tertiary alicyclic amines) is 1. The summed E-state index contributed by atoms with van der Waals surface area (Å²) in [5, 5.41) is 7.99. The third-order valence-electron chi connectivity index (χ3n) is 4.32. The lowest BCUT2D eigenvalue weighted by atomic mass is 9.99. The Balaban J connectivity index is 1.33. The van der Waals surface area contributed by atoms with E-state index < -0.39 is 0 Å². The van der Waals surface area contributed by atoms with E-state index in [9.17, 15) is 4.79 Å². The number of thiophene rings is 1. The molecule has 128 valence electrons. The Morgan fingerprint density at radius 3 is 2.80 bits per heavy atom. The number of methoxy groups -OCH3 is 1. The fraction of sp³-hybridized carbons (Fsp3) is 0.278. The van der Waals surface area contributed by atoms with E-state index in [0.29, 0.717) is 31.2 Å². The summed E-state index contributed by atoms with van der Waals surface area (Å²) in [4.78, 5) is 18.6. The van der Waals surface area contributed by atoms with Crippen molar-refractivity contribution in [3.8, 4) is 17.1 Å². The van der Waals surface area contributed by atoms with Crippen molar-refractivity contribution in [3.63, 3.8) is 0 Å². The highest BCUT2D eigenvalue weighted by Crippen LogP contribution is 2.28. The Morgan fingerprint density at radius 1 is 1.32 bits per heavy atom. The molecule has 0 N–H and O–H groups in total. The summed E-state index contributed by atoms with van der Waals surface area (Å²) in [6, 6.07) is 9.53. The van der Waals surface area contributed by atoms with Crippen LogP contribution in [0, 0.1) is 0 Å². The van der Waals surface area contributed by atoms with Gasteiger partial charge >= 0.3 is 0 Å². The molecule has 1 aliphatic rings. The van der Waals surface area contributed by atoms with Crippen molar-refractivity contribution < 1.29 is 14.1 Å². The van der Waals surface area contributed by atoms with E-state index >= 15 is 0 Å². The van der Waals surface area contributed by atoms with Crippen LogP contribution in [0.5, 0.6) is 5.75 Å². The van der Waals surface area contributed by atoms with Crippen LogP contribution < -0.4 is 4.74 Å². The summed E-state index contributed by atoms with van der Waals surface area (Å²) in [6.07, 6.45) is 0.390.